The van der Waals surface area contributed by atoms with Gasteiger partial charge in [0.25, 0.3) is 0 Å². The average Bonchev–Trinajstić information content (AvgIpc) is 2.68. The van der Waals surface area contributed by atoms with Gasteiger partial charge >= 0.3 is 11.9 Å². The minimum Gasteiger partial charge on any atom is -0.496 e. The second-order valence-electron chi connectivity index (χ2n) is 6.15. The van der Waals surface area contributed by atoms with Crippen LogP contribution in [0.25, 0.3) is 0 Å². The molecule has 0 aromatic heterocycles. The van der Waals surface area contributed by atoms with E-state index in [4.69, 9.17) is 18.9 Å². The van der Waals surface area contributed by atoms with Crippen molar-refractivity contribution in [1.82, 2.24) is 4.90 Å². The molecule has 0 radical (unpaired) electrons. The van der Waals surface area contributed by atoms with Crippen LogP contribution in [-0.4, -0.2) is 64.9 Å². The Bertz CT molecular complexity index is 606. The number of hydrogen-bond donors (Lipinski definition) is 0. The minimum absolute atomic E-state index is 0.255. The van der Waals surface area contributed by atoms with Gasteiger partial charge in [0.05, 0.1) is 40.3 Å². The van der Waals surface area contributed by atoms with Crippen LogP contribution in [0.1, 0.15) is 37.3 Å². The van der Waals surface area contributed by atoms with E-state index in [2.05, 4.69) is 0 Å². The third-order valence-electron chi connectivity index (χ3n) is 4.37. The zero-order chi connectivity index (χ0) is 20.4. The maximum absolute atomic E-state index is 12.4. The molecule has 0 heterocycles. The molecular formula is C20H31NO6. The molecule has 1 unspecified atom stereocenters. The molecule has 0 fully saturated rings. The SMILES string of the molecule is CCOC(=O)CCN(C)CC(C(=O)OC)c1cc(OC)c(CC)c(OC)c1. The molecule has 152 valence electrons. The summed E-state index contributed by atoms with van der Waals surface area (Å²) in [7, 11) is 6.40. The summed E-state index contributed by atoms with van der Waals surface area (Å²) in [4.78, 5) is 25.9. The van der Waals surface area contributed by atoms with E-state index in [9.17, 15) is 9.59 Å². The number of carbonyl (C=O) groups excluding carboxylic acids is 2. The molecule has 1 rings (SSSR count). The smallest absolute Gasteiger partial charge is 0.314 e. The lowest BCUT2D eigenvalue weighted by Crippen LogP contribution is -2.31. The van der Waals surface area contributed by atoms with Crippen LogP contribution in [0, 0.1) is 0 Å². The summed E-state index contributed by atoms with van der Waals surface area (Å²) in [5.74, 6) is 0.210. The van der Waals surface area contributed by atoms with Crippen molar-refractivity contribution in [1.29, 1.82) is 0 Å². The van der Waals surface area contributed by atoms with Crippen molar-refractivity contribution < 1.29 is 28.5 Å². The van der Waals surface area contributed by atoms with Gasteiger partial charge in [0, 0.05) is 18.7 Å². The highest BCUT2D eigenvalue weighted by Gasteiger charge is 2.26. The third-order valence-corrected chi connectivity index (χ3v) is 4.37. The summed E-state index contributed by atoms with van der Waals surface area (Å²) in [6.07, 6.45) is 1.01. The highest BCUT2D eigenvalue weighted by molar-refractivity contribution is 5.79. The summed E-state index contributed by atoms with van der Waals surface area (Å²) in [5.41, 5.74) is 1.69. The Morgan fingerprint density at radius 2 is 1.67 bits per heavy atom. The van der Waals surface area contributed by atoms with Gasteiger partial charge in [0.1, 0.15) is 11.5 Å². The Morgan fingerprint density at radius 3 is 2.11 bits per heavy atom. The van der Waals surface area contributed by atoms with E-state index >= 15 is 0 Å². The summed E-state index contributed by atoms with van der Waals surface area (Å²) < 4.78 is 20.9. The maximum Gasteiger partial charge on any atom is 0.314 e. The van der Waals surface area contributed by atoms with Gasteiger partial charge in [-0.1, -0.05) is 6.92 Å². The van der Waals surface area contributed by atoms with Gasteiger partial charge < -0.3 is 23.8 Å². The molecule has 0 N–H and O–H groups in total. The Morgan fingerprint density at radius 1 is 1.07 bits per heavy atom. The van der Waals surface area contributed by atoms with Crippen LogP contribution in [0.4, 0.5) is 0 Å². The Hall–Kier alpha value is -2.28. The lowest BCUT2D eigenvalue weighted by Gasteiger charge is -2.24. The van der Waals surface area contributed by atoms with Crippen LogP contribution >= 0.6 is 0 Å². The van der Waals surface area contributed by atoms with E-state index in [0.29, 0.717) is 31.2 Å². The van der Waals surface area contributed by atoms with Gasteiger partial charge in [-0.05, 0) is 38.1 Å². The average molecular weight is 381 g/mol. The maximum atomic E-state index is 12.4. The molecule has 0 aliphatic carbocycles. The van der Waals surface area contributed by atoms with Crippen molar-refractivity contribution in [3.05, 3.63) is 23.3 Å². The van der Waals surface area contributed by atoms with E-state index in [-0.39, 0.29) is 18.4 Å². The van der Waals surface area contributed by atoms with Crippen LogP contribution < -0.4 is 9.47 Å². The molecule has 0 amide bonds. The van der Waals surface area contributed by atoms with Crippen LogP contribution in [0.15, 0.2) is 12.1 Å². The fourth-order valence-corrected chi connectivity index (χ4v) is 2.93. The number of carbonyl (C=O) groups is 2. The molecular weight excluding hydrogens is 350 g/mol. The predicted molar refractivity (Wildman–Crippen MR) is 102 cm³/mol. The first-order valence-electron chi connectivity index (χ1n) is 9.08. The first-order valence-corrected chi connectivity index (χ1v) is 9.08. The molecule has 7 nitrogen and oxygen atoms in total. The zero-order valence-corrected chi connectivity index (χ0v) is 17.2. The van der Waals surface area contributed by atoms with E-state index in [0.717, 1.165) is 17.5 Å². The fraction of sp³-hybridized carbons (Fsp3) is 0.600. The first-order chi connectivity index (χ1) is 12.9. The highest BCUT2D eigenvalue weighted by Crippen LogP contribution is 2.34. The number of rotatable bonds is 11. The van der Waals surface area contributed by atoms with Crippen LogP contribution in [-0.2, 0) is 25.5 Å². The summed E-state index contributed by atoms with van der Waals surface area (Å²) >= 11 is 0. The summed E-state index contributed by atoms with van der Waals surface area (Å²) in [6.45, 7) is 5.02. The molecule has 1 aromatic carbocycles. The molecule has 1 atom stereocenters. The number of esters is 2. The van der Waals surface area contributed by atoms with Crippen molar-refractivity contribution in [2.75, 3.05) is 48.1 Å². The highest BCUT2D eigenvalue weighted by atomic mass is 16.5. The van der Waals surface area contributed by atoms with Crippen molar-refractivity contribution >= 4 is 11.9 Å². The third kappa shape index (κ3) is 6.43. The molecule has 0 saturated heterocycles. The van der Waals surface area contributed by atoms with Crippen molar-refractivity contribution in [2.45, 2.75) is 32.6 Å². The number of nitrogens with zero attached hydrogens (tertiary/aromatic N) is 1. The van der Waals surface area contributed by atoms with Gasteiger partial charge in [-0.2, -0.15) is 0 Å². The first kappa shape index (κ1) is 22.8. The molecule has 0 aliphatic heterocycles. The lowest BCUT2D eigenvalue weighted by atomic mass is 9.95. The van der Waals surface area contributed by atoms with Gasteiger partial charge in [-0.25, -0.2) is 0 Å². The van der Waals surface area contributed by atoms with Crippen molar-refractivity contribution in [3.63, 3.8) is 0 Å². The molecule has 27 heavy (non-hydrogen) atoms. The van der Waals surface area contributed by atoms with Gasteiger partial charge in [0.2, 0.25) is 0 Å². The van der Waals surface area contributed by atoms with Gasteiger partial charge in [-0.15, -0.1) is 0 Å². The van der Waals surface area contributed by atoms with Crippen LogP contribution in [0.5, 0.6) is 11.5 Å². The minimum atomic E-state index is -0.532. The van der Waals surface area contributed by atoms with E-state index in [1.165, 1.54) is 7.11 Å². The number of likely N-dealkylation sites (N-methyl/N-ethyl adjacent to an activating group) is 1. The molecule has 1 aromatic rings. The van der Waals surface area contributed by atoms with Crippen molar-refractivity contribution in [2.24, 2.45) is 0 Å². The normalized spacial score (nSPS) is 11.8. The lowest BCUT2D eigenvalue weighted by molar-refractivity contribution is -0.143. The number of hydrogen-bond acceptors (Lipinski definition) is 7. The molecule has 0 spiro atoms. The summed E-state index contributed by atoms with van der Waals surface area (Å²) in [6, 6.07) is 3.70. The van der Waals surface area contributed by atoms with E-state index in [1.807, 2.05) is 31.0 Å². The largest absolute Gasteiger partial charge is 0.496 e. The van der Waals surface area contributed by atoms with Gasteiger partial charge in [-0.3, -0.25) is 9.59 Å². The number of ether oxygens (including phenoxy) is 4. The zero-order valence-electron chi connectivity index (χ0n) is 17.2. The Balaban J connectivity index is 3.06. The van der Waals surface area contributed by atoms with Crippen molar-refractivity contribution in [3.8, 4) is 11.5 Å². The van der Waals surface area contributed by atoms with Gasteiger partial charge in [0.15, 0.2) is 0 Å². The molecule has 7 heteroatoms. The topological polar surface area (TPSA) is 74.3 Å². The second-order valence-corrected chi connectivity index (χ2v) is 6.15. The monoisotopic (exact) mass is 381 g/mol. The predicted octanol–water partition coefficient (Wildman–Crippen LogP) is 2.41. The van der Waals surface area contributed by atoms with Crippen LogP contribution in [0.3, 0.4) is 0 Å². The fourth-order valence-electron chi connectivity index (χ4n) is 2.93. The number of benzene rings is 1. The summed E-state index contributed by atoms with van der Waals surface area (Å²) in [5, 5.41) is 0. The number of methoxy groups -OCH3 is 3. The molecule has 0 bridgehead atoms. The standard InChI is InChI=1S/C20H31NO6/c1-7-15-17(24-4)11-14(12-18(15)25-5)16(20(23)26-6)13-21(3)10-9-19(22)27-8-2/h11-12,16H,7-10,13H2,1-6H3. The second kappa shape index (κ2) is 11.4. The Kier molecular flexibility index (Phi) is 9.64. The van der Waals surface area contributed by atoms with E-state index in [1.54, 1.807) is 21.1 Å². The molecule has 0 aliphatic rings. The molecule has 0 saturated carbocycles. The van der Waals surface area contributed by atoms with E-state index < -0.39 is 5.92 Å². The van der Waals surface area contributed by atoms with Crippen LogP contribution in [0.2, 0.25) is 0 Å². The quantitative estimate of drug-likeness (QED) is 0.545. The Labute approximate surface area is 161 Å².